The summed E-state index contributed by atoms with van der Waals surface area (Å²) in [5, 5.41) is 11.3. The van der Waals surface area contributed by atoms with Crippen molar-refractivity contribution in [2.45, 2.75) is 6.92 Å². The van der Waals surface area contributed by atoms with Crippen molar-refractivity contribution < 1.29 is 19.4 Å². The highest BCUT2D eigenvalue weighted by Crippen LogP contribution is 1.88. The molecule has 6 heteroatoms. The zero-order chi connectivity index (χ0) is 11.0. The van der Waals surface area contributed by atoms with Gasteiger partial charge < -0.3 is 20.9 Å². The lowest BCUT2D eigenvalue weighted by molar-refractivity contribution is -0.131. The van der Waals surface area contributed by atoms with Crippen molar-refractivity contribution in [3.8, 4) is 0 Å². The number of amides is 1. The summed E-state index contributed by atoms with van der Waals surface area (Å²) in [5.41, 5.74) is 5.41. The molecule has 0 fully saturated rings. The first-order valence-corrected chi connectivity index (χ1v) is 4.05. The second-order valence-corrected chi connectivity index (χ2v) is 2.67. The number of primary amides is 1. The molecule has 0 atom stereocenters. The number of carbonyl (C=O) groups excluding carboxylic acids is 1. The molecule has 80 valence electrons. The number of carboxylic acid groups (broad SMARTS) is 1. The molecule has 1 amide bonds. The minimum Gasteiger partial charge on any atom is -0.478 e. The molecule has 14 heavy (non-hydrogen) atoms. The van der Waals surface area contributed by atoms with Crippen LogP contribution in [-0.4, -0.2) is 36.9 Å². The van der Waals surface area contributed by atoms with Gasteiger partial charge in [0.05, 0.1) is 0 Å². The molecule has 0 rings (SSSR count). The quantitative estimate of drug-likeness (QED) is 0.405. The van der Waals surface area contributed by atoms with Crippen LogP contribution in [-0.2, 0) is 9.53 Å². The summed E-state index contributed by atoms with van der Waals surface area (Å²) >= 11 is 0. The van der Waals surface area contributed by atoms with Crippen molar-refractivity contribution >= 4 is 12.1 Å². The van der Waals surface area contributed by atoms with Crippen LogP contribution >= 0.6 is 0 Å². The first-order valence-electron chi connectivity index (χ1n) is 4.05. The van der Waals surface area contributed by atoms with Gasteiger partial charge in [0.25, 0.3) is 0 Å². The van der Waals surface area contributed by atoms with Gasteiger partial charge in [-0.3, -0.25) is 0 Å². The fourth-order valence-electron chi connectivity index (χ4n) is 0.771. The highest BCUT2D eigenvalue weighted by atomic mass is 16.5. The van der Waals surface area contributed by atoms with Gasteiger partial charge in [-0.15, -0.1) is 0 Å². The lowest BCUT2D eigenvalue weighted by Gasteiger charge is -2.04. The summed E-state index contributed by atoms with van der Waals surface area (Å²) in [7, 11) is 0. The molecule has 0 aromatic carbocycles. The lowest BCUT2D eigenvalue weighted by Crippen LogP contribution is -2.24. The first kappa shape index (κ1) is 12.4. The molecule has 6 nitrogen and oxygen atoms in total. The Morgan fingerprint density at radius 2 is 2.21 bits per heavy atom. The smallest absolute Gasteiger partial charge is 0.404 e. The summed E-state index contributed by atoms with van der Waals surface area (Å²) in [5.74, 6) is -0.974. The van der Waals surface area contributed by atoms with Crippen LogP contribution in [0.2, 0.25) is 0 Å². The van der Waals surface area contributed by atoms with Gasteiger partial charge in [-0.25, -0.2) is 9.59 Å². The van der Waals surface area contributed by atoms with Crippen LogP contribution in [0.25, 0.3) is 0 Å². The molecule has 0 heterocycles. The predicted molar refractivity (Wildman–Crippen MR) is 49.8 cm³/mol. The average Bonchev–Trinajstić information content (AvgIpc) is 2.01. The molecule has 0 aliphatic rings. The standard InChI is InChI=1S/C8H14N2O4/c1-6(4-7(11)12)5-10-2-3-14-8(9)13/h4,10H,2-3,5H2,1H3,(H2,9,13)(H,11,12). The van der Waals surface area contributed by atoms with E-state index in [4.69, 9.17) is 10.8 Å². The normalized spacial score (nSPS) is 11.1. The third-order valence-corrected chi connectivity index (χ3v) is 1.30. The van der Waals surface area contributed by atoms with Crippen LogP contribution in [0.4, 0.5) is 4.79 Å². The zero-order valence-electron chi connectivity index (χ0n) is 7.95. The van der Waals surface area contributed by atoms with Crippen molar-refractivity contribution in [2.24, 2.45) is 5.73 Å². The Labute approximate surface area is 81.7 Å². The maximum absolute atomic E-state index is 10.2. The van der Waals surface area contributed by atoms with Crippen molar-refractivity contribution in [3.05, 3.63) is 11.6 Å². The number of hydrogen-bond acceptors (Lipinski definition) is 4. The van der Waals surface area contributed by atoms with Gasteiger partial charge in [-0.05, 0) is 6.92 Å². The van der Waals surface area contributed by atoms with Crippen molar-refractivity contribution in [1.29, 1.82) is 0 Å². The lowest BCUT2D eigenvalue weighted by atomic mass is 10.3. The molecule has 0 unspecified atom stereocenters. The molecule has 0 saturated carbocycles. The van der Waals surface area contributed by atoms with Crippen molar-refractivity contribution in [3.63, 3.8) is 0 Å². The van der Waals surface area contributed by atoms with E-state index < -0.39 is 12.1 Å². The fraction of sp³-hybridized carbons (Fsp3) is 0.500. The van der Waals surface area contributed by atoms with E-state index in [-0.39, 0.29) is 6.61 Å². The SMILES string of the molecule is CC(=CC(=O)O)CNCCOC(N)=O. The average molecular weight is 202 g/mol. The van der Waals surface area contributed by atoms with Crippen LogP contribution < -0.4 is 11.1 Å². The largest absolute Gasteiger partial charge is 0.478 e. The van der Waals surface area contributed by atoms with E-state index in [0.717, 1.165) is 6.08 Å². The summed E-state index contributed by atoms with van der Waals surface area (Å²) in [6, 6.07) is 0. The van der Waals surface area contributed by atoms with Crippen molar-refractivity contribution in [1.82, 2.24) is 5.32 Å². The van der Waals surface area contributed by atoms with Gasteiger partial charge in [0.2, 0.25) is 0 Å². The molecule has 0 radical (unpaired) electrons. The van der Waals surface area contributed by atoms with Gasteiger partial charge in [0.15, 0.2) is 0 Å². The van der Waals surface area contributed by atoms with Crippen LogP contribution in [0, 0.1) is 0 Å². The van der Waals surface area contributed by atoms with E-state index in [2.05, 4.69) is 10.1 Å². The number of nitrogens with one attached hydrogen (secondary N) is 1. The minimum absolute atomic E-state index is 0.176. The Hall–Kier alpha value is -1.56. The van der Waals surface area contributed by atoms with Gasteiger partial charge >= 0.3 is 12.1 Å². The van der Waals surface area contributed by atoms with Crippen LogP contribution in [0.1, 0.15) is 6.92 Å². The topological polar surface area (TPSA) is 102 Å². The van der Waals surface area contributed by atoms with Crippen LogP contribution in [0.5, 0.6) is 0 Å². The summed E-state index contributed by atoms with van der Waals surface area (Å²) < 4.78 is 4.45. The van der Waals surface area contributed by atoms with E-state index >= 15 is 0 Å². The van der Waals surface area contributed by atoms with E-state index in [1.807, 2.05) is 0 Å². The Morgan fingerprint density at radius 3 is 2.71 bits per heavy atom. The molecule has 0 aromatic rings. The third-order valence-electron chi connectivity index (χ3n) is 1.30. The summed E-state index contributed by atoms with van der Waals surface area (Å²) in [6.07, 6.45) is 0.298. The van der Waals surface area contributed by atoms with Crippen LogP contribution in [0.15, 0.2) is 11.6 Å². The van der Waals surface area contributed by atoms with E-state index in [1.165, 1.54) is 0 Å². The van der Waals surface area contributed by atoms with E-state index in [1.54, 1.807) is 6.92 Å². The number of ether oxygens (including phenoxy) is 1. The Bertz CT molecular complexity index is 237. The number of carboxylic acids is 1. The van der Waals surface area contributed by atoms with Crippen molar-refractivity contribution in [2.75, 3.05) is 19.7 Å². The predicted octanol–water partition coefficient (Wildman–Crippen LogP) is -0.298. The van der Waals surface area contributed by atoms with Gasteiger partial charge in [-0.1, -0.05) is 5.57 Å². The van der Waals surface area contributed by atoms with E-state index in [0.29, 0.717) is 18.7 Å². The molecule has 4 N–H and O–H groups in total. The number of nitrogens with two attached hydrogens (primary N) is 1. The fourth-order valence-corrected chi connectivity index (χ4v) is 0.771. The third kappa shape index (κ3) is 8.54. The van der Waals surface area contributed by atoms with Crippen LogP contribution in [0.3, 0.4) is 0 Å². The molecule has 0 aliphatic heterocycles. The summed E-state index contributed by atoms with van der Waals surface area (Å²) in [4.78, 5) is 20.3. The Balaban J connectivity index is 3.45. The van der Waals surface area contributed by atoms with E-state index in [9.17, 15) is 9.59 Å². The molecule has 0 aromatic heterocycles. The molecule has 0 aliphatic carbocycles. The molecular weight excluding hydrogens is 188 g/mol. The Morgan fingerprint density at radius 1 is 1.57 bits per heavy atom. The summed E-state index contributed by atoms with van der Waals surface area (Å²) in [6.45, 7) is 2.74. The second kappa shape index (κ2) is 6.90. The number of hydrogen-bond donors (Lipinski definition) is 3. The van der Waals surface area contributed by atoms with Gasteiger partial charge in [-0.2, -0.15) is 0 Å². The molecular formula is C8H14N2O4. The molecule has 0 bridgehead atoms. The first-order chi connectivity index (χ1) is 6.52. The molecule has 0 saturated heterocycles. The van der Waals surface area contributed by atoms with Gasteiger partial charge in [0.1, 0.15) is 6.61 Å². The molecule has 0 spiro atoms. The maximum atomic E-state index is 10.2. The zero-order valence-corrected chi connectivity index (χ0v) is 7.95. The monoisotopic (exact) mass is 202 g/mol. The highest BCUT2D eigenvalue weighted by molar-refractivity contribution is 5.80. The Kier molecular flexibility index (Phi) is 6.13. The number of aliphatic carboxylic acids is 1. The number of carbonyl (C=O) groups is 2. The maximum Gasteiger partial charge on any atom is 0.404 e. The highest BCUT2D eigenvalue weighted by Gasteiger charge is 1.95. The van der Waals surface area contributed by atoms with Gasteiger partial charge in [0, 0.05) is 19.2 Å². The minimum atomic E-state index is -0.974. The number of rotatable bonds is 6. The second-order valence-electron chi connectivity index (χ2n) is 2.67.